The molecule has 1 aliphatic rings. The molecule has 1 fully saturated rings. The molecule has 0 radical (unpaired) electrons. The third-order valence-electron chi connectivity index (χ3n) is 3.58. The highest BCUT2D eigenvalue weighted by atomic mass is 16.5. The van der Waals surface area contributed by atoms with Crippen molar-refractivity contribution in [2.75, 3.05) is 32.8 Å². The van der Waals surface area contributed by atoms with Crippen molar-refractivity contribution in [1.29, 1.82) is 0 Å². The molecule has 20 heavy (non-hydrogen) atoms. The van der Waals surface area contributed by atoms with Gasteiger partial charge in [-0.15, -0.1) is 0 Å². The number of aliphatic hydroxyl groups is 1. The number of nitrogens with zero attached hydrogens (tertiary/aromatic N) is 1. The number of aliphatic hydroxyl groups excluding tert-OH is 1. The summed E-state index contributed by atoms with van der Waals surface area (Å²) in [5.74, 6) is -0.853. The van der Waals surface area contributed by atoms with Gasteiger partial charge in [-0.1, -0.05) is 29.8 Å². The van der Waals surface area contributed by atoms with Gasteiger partial charge in [0.05, 0.1) is 19.8 Å². The second-order valence-electron chi connectivity index (χ2n) is 5.46. The second-order valence-corrected chi connectivity index (χ2v) is 5.46. The lowest BCUT2D eigenvalue weighted by atomic mass is 9.92. The Balaban J connectivity index is 2.10. The van der Waals surface area contributed by atoms with Gasteiger partial charge in [0.1, 0.15) is 5.60 Å². The highest BCUT2D eigenvalue weighted by molar-refractivity contribution is 5.69. The molecule has 1 aromatic carbocycles. The minimum absolute atomic E-state index is 0.0150. The summed E-state index contributed by atoms with van der Waals surface area (Å²) in [6, 6.07) is 8.07. The van der Waals surface area contributed by atoms with E-state index >= 15 is 0 Å². The molecule has 0 spiro atoms. The van der Waals surface area contributed by atoms with Gasteiger partial charge >= 0.3 is 5.97 Å². The van der Waals surface area contributed by atoms with Gasteiger partial charge in [-0.3, -0.25) is 9.69 Å². The Hall–Kier alpha value is -1.43. The molecule has 0 bridgehead atoms. The smallest absolute Gasteiger partial charge is 0.317 e. The number of carboxylic acids is 1. The predicted molar refractivity (Wildman–Crippen MR) is 74.7 cm³/mol. The minimum atomic E-state index is -0.853. The maximum Gasteiger partial charge on any atom is 0.317 e. The van der Waals surface area contributed by atoms with Crippen LogP contribution in [0.25, 0.3) is 0 Å². The number of aryl methyl sites for hydroxylation is 1. The van der Waals surface area contributed by atoms with Gasteiger partial charge in [0, 0.05) is 19.5 Å². The van der Waals surface area contributed by atoms with E-state index in [0.29, 0.717) is 26.1 Å². The van der Waals surface area contributed by atoms with Crippen LogP contribution in [0, 0.1) is 6.92 Å². The first-order valence-electron chi connectivity index (χ1n) is 6.77. The highest BCUT2D eigenvalue weighted by Crippen LogP contribution is 2.23. The Kier molecular flexibility index (Phi) is 4.75. The largest absolute Gasteiger partial charge is 0.480 e. The summed E-state index contributed by atoms with van der Waals surface area (Å²) >= 11 is 0. The number of hydrogen-bond acceptors (Lipinski definition) is 4. The van der Waals surface area contributed by atoms with Crippen LogP contribution >= 0.6 is 0 Å². The Morgan fingerprint density at radius 2 is 2.30 bits per heavy atom. The van der Waals surface area contributed by atoms with Crippen LogP contribution in [0.5, 0.6) is 0 Å². The Morgan fingerprint density at radius 3 is 2.95 bits per heavy atom. The summed E-state index contributed by atoms with van der Waals surface area (Å²) in [6.45, 7) is 3.36. The fourth-order valence-electron chi connectivity index (χ4n) is 2.70. The molecule has 1 aromatic rings. The maximum absolute atomic E-state index is 10.8. The van der Waals surface area contributed by atoms with Crippen LogP contribution in [0.15, 0.2) is 24.3 Å². The first kappa shape index (κ1) is 15.0. The summed E-state index contributed by atoms with van der Waals surface area (Å²) < 4.78 is 5.79. The van der Waals surface area contributed by atoms with Crippen LogP contribution < -0.4 is 0 Å². The average molecular weight is 279 g/mol. The fraction of sp³-hybridized carbons (Fsp3) is 0.533. The third-order valence-corrected chi connectivity index (χ3v) is 3.58. The SMILES string of the molecule is Cc1cccc(C[C@@]2(CO)CN(CC(=O)O)CCO2)c1. The Bertz CT molecular complexity index is 477. The van der Waals surface area contributed by atoms with Gasteiger partial charge in [0.25, 0.3) is 0 Å². The standard InChI is InChI=1S/C15H21NO4/c1-12-3-2-4-13(7-12)8-15(11-17)10-16(5-6-20-15)9-14(18)19/h2-4,7,17H,5-6,8-11H2,1H3,(H,18,19)/t15-/m0/s1. The molecule has 1 saturated heterocycles. The first-order valence-corrected chi connectivity index (χ1v) is 6.77. The van der Waals surface area contributed by atoms with Gasteiger partial charge in [0.2, 0.25) is 0 Å². The van der Waals surface area contributed by atoms with Crippen LogP contribution in [0.4, 0.5) is 0 Å². The van der Waals surface area contributed by atoms with Crippen molar-refractivity contribution in [3.63, 3.8) is 0 Å². The molecule has 5 nitrogen and oxygen atoms in total. The first-order chi connectivity index (χ1) is 9.53. The topological polar surface area (TPSA) is 70.0 Å². The molecule has 0 saturated carbocycles. The fourth-order valence-corrected chi connectivity index (χ4v) is 2.70. The van der Waals surface area contributed by atoms with Gasteiger partial charge in [-0.05, 0) is 12.5 Å². The Labute approximate surface area is 118 Å². The molecule has 0 unspecified atom stereocenters. The van der Waals surface area contributed by atoms with Crippen LogP contribution in [0.3, 0.4) is 0 Å². The molecule has 2 N–H and O–H groups in total. The number of ether oxygens (including phenoxy) is 1. The van der Waals surface area contributed by atoms with Crippen LogP contribution in [0.2, 0.25) is 0 Å². The quantitative estimate of drug-likeness (QED) is 0.829. The second kappa shape index (κ2) is 6.35. The molecule has 1 aliphatic heterocycles. The highest BCUT2D eigenvalue weighted by Gasteiger charge is 2.36. The van der Waals surface area contributed by atoms with Gasteiger partial charge < -0.3 is 14.9 Å². The number of carboxylic acid groups (broad SMARTS) is 1. The van der Waals surface area contributed by atoms with Crippen molar-refractivity contribution in [1.82, 2.24) is 4.90 Å². The maximum atomic E-state index is 10.8. The van der Waals surface area contributed by atoms with E-state index in [-0.39, 0.29) is 13.2 Å². The van der Waals surface area contributed by atoms with Crippen LogP contribution in [0.1, 0.15) is 11.1 Å². The van der Waals surface area contributed by atoms with Gasteiger partial charge in [-0.2, -0.15) is 0 Å². The van der Waals surface area contributed by atoms with E-state index in [1.807, 2.05) is 30.0 Å². The summed E-state index contributed by atoms with van der Waals surface area (Å²) in [5.41, 5.74) is 1.55. The van der Waals surface area contributed by atoms with E-state index in [1.54, 1.807) is 0 Å². The molecule has 1 atom stereocenters. The van der Waals surface area contributed by atoms with Gasteiger partial charge in [-0.25, -0.2) is 0 Å². The molecule has 0 aliphatic carbocycles. The van der Waals surface area contributed by atoms with Crippen molar-refractivity contribution < 1.29 is 19.7 Å². The van der Waals surface area contributed by atoms with Crippen molar-refractivity contribution in [3.05, 3.63) is 35.4 Å². The molecule has 0 amide bonds. The lowest BCUT2D eigenvalue weighted by molar-refractivity contribution is -0.150. The van der Waals surface area contributed by atoms with Crippen LogP contribution in [-0.4, -0.2) is 59.5 Å². The van der Waals surface area contributed by atoms with E-state index in [2.05, 4.69) is 6.07 Å². The Morgan fingerprint density at radius 1 is 1.50 bits per heavy atom. The number of benzene rings is 1. The monoisotopic (exact) mass is 279 g/mol. The molecule has 5 heteroatoms. The molecule has 0 aromatic heterocycles. The lowest BCUT2D eigenvalue weighted by Gasteiger charge is -2.41. The van der Waals surface area contributed by atoms with Crippen LogP contribution in [-0.2, 0) is 16.0 Å². The zero-order valence-corrected chi connectivity index (χ0v) is 11.7. The average Bonchev–Trinajstić information content (AvgIpc) is 2.38. The molecule has 110 valence electrons. The number of aliphatic carboxylic acids is 1. The number of morpholine rings is 1. The van der Waals surface area contributed by atoms with Gasteiger partial charge in [0.15, 0.2) is 0 Å². The molecular formula is C15H21NO4. The number of rotatable bonds is 5. The van der Waals surface area contributed by atoms with E-state index in [1.165, 1.54) is 0 Å². The summed E-state index contributed by atoms with van der Waals surface area (Å²) in [4.78, 5) is 12.6. The zero-order valence-electron chi connectivity index (χ0n) is 11.7. The molecule has 2 rings (SSSR count). The number of carbonyl (C=O) groups is 1. The van der Waals surface area contributed by atoms with E-state index in [0.717, 1.165) is 11.1 Å². The van der Waals surface area contributed by atoms with Crippen molar-refractivity contribution in [3.8, 4) is 0 Å². The van der Waals surface area contributed by atoms with E-state index in [9.17, 15) is 9.90 Å². The summed E-state index contributed by atoms with van der Waals surface area (Å²) in [6.07, 6.45) is 0.585. The third kappa shape index (κ3) is 3.79. The van der Waals surface area contributed by atoms with Crippen molar-refractivity contribution >= 4 is 5.97 Å². The predicted octanol–water partition coefficient (Wildman–Crippen LogP) is 0.685. The van der Waals surface area contributed by atoms with E-state index in [4.69, 9.17) is 9.84 Å². The summed E-state index contributed by atoms with van der Waals surface area (Å²) in [7, 11) is 0. The molecular weight excluding hydrogens is 258 g/mol. The van der Waals surface area contributed by atoms with Crippen molar-refractivity contribution in [2.24, 2.45) is 0 Å². The van der Waals surface area contributed by atoms with E-state index < -0.39 is 11.6 Å². The molecule has 1 heterocycles. The number of hydrogen-bond donors (Lipinski definition) is 2. The normalized spacial score (nSPS) is 23.7. The lowest BCUT2D eigenvalue weighted by Crippen LogP contribution is -2.56. The minimum Gasteiger partial charge on any atom is -0.480 e. The zero-order chi connectivity index (χ0) is 14.6. The summed E-state index contributed by atoms with van der Waals surface area (Å²) in [5, 5.41) is 18.6. The van der Waals surface area contributed by atoms with Crippen molar-refractivity contribution in [2.45, 2.75) is 18.9 Å².